The van der Waals surface area contributed by atoms with E-state index in [1.165, 1.54) is 23.1 Å². The Morgan fingerprint density at radius 1 is 1.09 bits per heavy atom. The number of aryl methyl sites for hydroxylation is 1. The number of anilines is 1. The van der Waals surface area contributed by atoms with Crippen LogP contribution in [0.4, 0.5) is 5.69 Å². The van der Waals surface area contributed by atoms with Gasteiger partial charge in [-0.15, -0.1) is 11.3 Å². The van der Waals surface area contributed by atoms with Crippen molar-refractivity contribution in [2.75, 3.05) is 19.4 Å². The minimum atomic E-state index is -3.50. The second kappa shape index (κ2) is 8.80. The van der Waals surface area contributed by atoms with Gasteiger partial charge in [-0.25, -0.2) is 22.7 Å². The monoisotopic (exact) mass is 471 g/mol. The van der Waals surface area contributed by atoms with Gasteiger partial charge >= 0.3 is 0 Å². The SMILES string of the molecule is CCCn1c(CNc2ccc3nc(C(C)C)sc3c2)nc2cc(S(=O)(=O)N(C)C)ccc21. The van der Waals surface area contributed by atoms with Crippen molar-refractivity contribution in [3.63, 3.8) is 0 Å². The summed E-state index contributed by atoms with van der Waals surface area (Å²) in [6.45, 7) is 7.80. The van der Waals surface area contributed by atoms with Crippen LogP contribution in [0, 0.1) is 0 Å². The third kappa shape index (κ3) is 4.24. The summed E-state index contributed by atoms with van der Waals surface area (Å²) in [6, 6.07) is 11.4. The van der Waals surface area contributed by atoms with Crippen molar-refractivity contribution in [1.29, 1.82) is 0 Å². The third-order valence-corrected chi connectivity index (χ3v) is 8.50. The van der Waals surface area contributed by atoms with Crippen molar-refractivity contribution in [3.05, 3.63) is 47.2 Å². The van der Waals surface area contributed by atoms with Crippen molar-refractivity contribution in [1.82, 2.24) is 18.8 Å². The van der Waals surface area contributed by atoms with E-state index in [-0.39, 0.29) is 4.90 Å². The molecule has 0 spiro atoms. The van der Waals surface area contributed by atoms with Crippen LogP contribution >= 0.6 is 11.3 Å². The highest BCUT2D eigenvalue weighted by atomic mass is 32.2. The first kappa shape index (κ1) is 22.7. The summed E-state index contributed by atoms with van der Waals surface area (Å²) < 4.78 is 29.6. The van der Waals surface area contributed by atoms with Crippen molar-refractivity contribution >= 4 is 48.3 Å². The van der Waals surface area contributed by atoms with Gasteiger partial charge in [-0.3, -0.25) is 0 Å². The molecular formula is C23H29N5O2S2. The van der Waals surface area contributed by atoms with Crippen molar-refractivity contribution in [3.8, 4) is 0 Å². The molecule has 32 heavy (non-hydrogen) atoms. The topological polar surface area (TPSA) is 80.1 Å². The Hall–Kier alpha value is -2.49. The van der Waals surface area contributed by atoms with Gasteiger partial charge in [0.2, 0.25) is 10.0 Å². The lowest BCUT2D eigenvalue weighted by Gasteiger charge is -2.11. The predicted octanol–water partition coefficient (Wildman–Crippen LogP) is 5.04. The smallest absolute Gasteiger partial charge is 0.242 e. The van der Waals surface area contributed by atoms with Crippen LogP contribution in [0.5, 0.6) is 0 Å². The summed E-state index contributed by atoms with van der Waals surface area (Å²) in [7, 11) is -0.428. The van der Waals surface area contributed by atoms with E-state index in [0.717, 1.165) is 40.5 Å². The normalized spacial score (nSPS) is 12.5. The van der Waals surface area contributed by atoms with E-state index < -0.39 is 10.0 Å². The molecule has 7 nitrogen and oxygen atoms in total. The molecule has 9 heteroatoms. The van der Waals surface area contributed by atoms with E-state index in [1.807, 2.05) is 18.2 Å². The molecule has 0 aliphatic rings. The second-order valence-corrected chi connectivity index (χ2v) is 11.6. The van der Waals surface area contributed by atoms with Crippen molar-refractivity contribution < 1.29 is 8.42 Å². The average Bonchev–Trinajstić information content (AvgIpc) is 3.33. The number of benzene rings is 2. The zero-order chi connectivity index (χ0) is 23.0. The van der Waals surface area contributed by atoms with Gasteiger partial charge in [0.05, 0.1) is 37.7 Å². The first-order valence-electron chi connectivity index (χ1n) is 10.8. The maximum absolute atomic E-state index is 12.5. The van der Waals surface area contributed by atoms with Gasteiger partial charge in [-0.1, -0.05) is 20.8 Å². The van der Waals surface area contributed by atoms with Gasteiger partial charge in [0.25, 0.3) is 0 Å². The molecule has 4 aromatic rings. The van der Waals surface area contributed by atoms with Crippen LogP contribution < -0.4 is 5.32 Å². The van der Waals surface area contributed by atoms with E-state index in [1.54, 1.807) is 23.5 Å². The van der Waals surface area contributed by atoms with Crippen molar-refractivity contribution in [2.24, 2.45) is 0 Å². The minimum absolute atomic E-state index is 0.257. The molecule has 0 radical (unpaired) electrons. The number of hydrogen-bond acceptors (Lipinski definition) is 6. The van der Waals surface area contributed by atoms with Gasteiger partial charge in [-0.05, 0) is 42.8 Å². The number of sulfonamides is 1. The number of nitrogens with one attached hydrogen (secondary N) is 1. The average molecular weight is 472 g/mol. The first-order chi connectivity index (χ1) is 15.2. The van der Waals surface area contributed by atoms with Gasteiger partial charge in [0, 0.05) is 32.2 Å². The van der Waals surface area contributed by atoms with Gasteiger partial charge in [0.1, 0.15) is 5.82 Å². The zero-order valence-electron chi connectivity index (χ0n) is 19.1. The van der Waals surface area contributed by atoms with Crippen LogP contribution in [-0.2, 0) is 23.1 Å². The maximum atomic E-state index is 12.5. The predicted molar refractivity (Wildman–Crippen MR) is 132 cm³/mol. The molecule has 0 fully saturated rings. The number of nitrogens with zero attached hydrogens (tertiary/aromatic N) is 4. The highest BCUT2D eigenvalue weighted by Crippen LogP contribution is 2.30. The summed E-state index contributed by atoms with van der Waals surface area (Å²) in [5, 5.41) is 4.63. The first-order valence-corrected chi connectivity index (χ1v) is 13.0. The molecule has 2 aromatic heterocycles. The van der Waals surface area contributed by atoms with E-state index in [4.69, 9.17) is 9.97 Å². The molecule has 2 aromatic carbocycles. The molecule has 170 valence electrons. The number of aromatic nitrogens is 3. The Kier molecular flexibility index (Phi) is 6.24. The highest BCUT2D eigenvalue weighted by Gasteiger charge is 2.19. The fraction of sp³-hybridized carbons (Fsp3) is 0.391. The summed E-state index contributed by atoms with van der Waals surface area (Å²) in [5.74, 6) is 1.30. The minimum Gasteiger partial charge on any atom is -0.378 e. The quantitative estimate of drug-likeness (QED) is 0.389. The largest absolute Gasteiger partial charge is 0.378 e. The Bertz CT molecular complexity index is 1370. The Balaban J connectivity index is 1.64. The summed E-state index contributed by atoms with van der Waals surface area (Å²) in [6.07, 6.45) is 0.959. The molecule has 1 N–H and O–H groups in total. The standard InChI is InChI=1S/C23H29N5O2S2/c1-6-11-28-20-10-8-17(32(29,30)27(4)5)13-19(20)25-22(28)14-24-16-7-9-18-21(12-16)31-23(26-18)15(2)3/h7-10,12-13,15,24H,6,11,14H2,1-5H3. The second-order valence-electron chi connectivity index (χ2n) is 8.36. The van der Waals surface area contributed by atoms with Crippen LogP contribution in [0.2, 0.25) is 0 Å². The lowest BCUT2D eigenvalue weighted by atomic mass is 10.2. The molecule has 0 saturated heterocycles. The lowest BCUT2D eigenvalue weighted by Crippen LogP contribution is -2.22. The van der Waals surface area contributed by atoms with Gasteiger partial charge in [-0.2, -0.15) is 0 Å². The summed E-state index contributed by atoms with van der Waals surface area (Å²) in [4.78, 5) is 9.73. The third-order valence-electron chi connectivity index (χ3n) is 5.37. The highest BCUT2D eigenvalue weighted by molar-refractivity contribution is 7.89. The number of imidazole rings is 1. The Morgan fingerprint density at radius 2 is 1.88 bits per heavy atom. The van der Waals surface area contributed by atoms with Crippen LogP contribution in [0.15, 0.2) is 41.3 Å². The molecule has 2 heterocycles. The van der Waals surface area contributed by atoms with E-state index in [2.05, 4.69) is 36.7 Å². The molecule has 0 saturated carbocycles. The molecule has 0 aliphatic carbocycles. The molecule has 0 amide bonds. The number of thiazole rings is 1. The summed E-state index contributed by atoms with van der Waals surface area (Å²) >= 11 is 1.73. The van der Waals surface area contributed by atoms with E-state index >= 15 is 0 Å². The van der Waals surface area contributed by atoms with Gasteiger partial charge < -0.3 is 9.88 Å². The Labute approximate surface area is 193 Å². The fourth-order valence-corrected chi connectivity index (χ4v) is 5.55. The van der Waals surface area contributed by atoms with Crippen LogP contribution in [0.1, 0.15) is 43.9 Å². The summed E-state index contributed by atoms with van der Waals surface area (Å²) in [5.41, 5.74) is 3.68. The van der Waals surface area contributed by atoms with E-state index in [9.17, 15) is 8.42 Å². The number of rotatable bonds is 8. The molecule has 0 bridgehead atoms. The van der Waals surface area contributed by atoms with Gasteiger partial charge in [0.15, 0.2) is 0 Å². The number of fused-ring (bicyclic) bond motifs is 2. The van der Waals surface area contributed by atoms with Crippen LogP contribution in [-0.4, -0.2) is 41.4 Å². The molecule has 0 unspecified atom stereocenters. The van der Waals surface area contributed by atoms with Crippen molar-refractivity contribution in [2.45, 2.75) is 51.1 Å². The molecule has 0 atom stereocenters. The maximum Gasteiger partial charge on any atom is 0.242 e. The number of hydrogen-bond donors (Lipinski definition) is 1. The zero-order valence-corrected chi connectivity index (χ0v) is 20.7. The molecule has 0 aliphatic heterocycles. The molecular weight excluding hydrogens is 442 g/mol. The molecule has 4 rings (SSSR count). The fourth-order valence-electron chi connectivity index (χ4n) is 3.62. The Morgan fingerprint density at radius 3 is 2.56 bits per heavy atom. The lowest BCUT2D eigenvalue weighted by molar-refractivity contribution is 0.521. The van der Waals surface area contributed by atoms with Crippen LogP contribution in [0.25, 0.3) is 21.3 Å². The van der Waals surface area contributed by atoms with Crippen LogP contribution in [0.3, 0.4) is 0 Å². The van der Waals surface area contributed by atoms with E-state index in [0.29, 0.717) is 18.0 Å².